The number of aromatic nitrogens is 1. The Balaban J connectivity index is 1.82. The van der Waals surface area contributed by atoms with Crippen LogP contribution in [0.5, 0.6) is 0 Å². The Morgan fingerprint density at radius 1 is 1.26 bits per heavy atom. The molecule has 0 saturated heterocycles. The summed E-state index contributed by atoms with van der Waals surface area (Å²) in [6.45, 7) is 0. The molecular formula is C17H16N2O3S. The molecule has 1 aromatic carbocycles. The lowest BCUT2D eigenvalue weighted by atomic mass is 10.0. The van der Waals surface area contributed by atoms with Crippen LogP contribution in [-0.4, -0.2) is 30.0 Å². The summed E-state index contributed by atoms with van der Waals surface area (Å²) in [5.74, 6) is -0.726. The largest absolute Gasteiger partial charge is 0.467 e. The molecule has 0 radical (unpaired) electrons. The maximum atomic E-state index is 12.2. The minimum Gasteiger partial charge on any atom is -0.467 e. The van der Waals surface area contributed by atoms with Gasteiger partial charge < -0.3 is 15.0 Å². The Labute approximate surface area is 137 Å². The number of H-pyrrole nitrogens is 1. The number of fused-ring (bicyclic) bond motifs is 1. The van der Waals surface area contributed by atoms with Gasteiger partial charge in [-0.1, -0.05) is 24.3 Å². The third-order valence-corrected chi connectivity index (χ3v) is 4.50. The van der Waals surface area contributed by atoms with Gasteiger partial charge in [-0.25, -0.2) is 4.79 Å². The molecule has 118 valence electrons. The van der Waals surface area contributed by atoms with Crippen LogP contribution in [0.4, 0.5) is 0 Å². The van der Waals surface area contributed by atoms with Crippen molar-refractivity contribution < 1.29 is 14.3 Å². The molecular weight excluding hydrogens is 312 g/mol. The van der Waals surface area contributed by atoms with Crippen molar-refractivity contribution in [3.05, 3.63) is 58.4 Å². The lowest BCUT2D eigenvalue weighted by Crippen LogP contribution is -2.42. The summed E-state index contributed by atoms with van der Waals surface area (Å²) in [4.78, 5) is 28.0. The predicted molar refractivity (Wildman–Crippen MR) is 89.6 cm³/mol. The fourth-order valence-electron chi connectivity index (χ4n) is 2.49. The van der Waals surface area contributed by atoms with Crippen LogP contribution in [0, 0.1) is 0 Å². The maximum absolute atomic E-state index is 12.2. The first kappa shape index (κ1) is 15.3. The first-order chi connectivity index (χ1) is 11.2. The number of hydrogen-bond donors (Lipinski definition) is 2. The van der Waals surface area contributed by atoms with Crippen LogP contribution < -0.4 is 5.32 Å². The van der Waals surface area contributed by atoms with Gasteiger partial charge in [0.1, 0.15) is 6.04 Å². The summed E-state index contributed by atoms with van der Waals surface area (Å²) < 4.78 is 4.83. The lowest BCUT2D eigenvalue weighted by Gasteiger charge is -2.15. The highest BCUT2D eigenvalue weighted by Gasteiger charge is 2.24. The highest BCUT2D eigenvalue weighted by atomic mass is 32.1. The molecule has 2 N–H and O–H groups in total. The van der Waals surface area contributed by atoms with E-state index in [-0.39, 0.29) is 5.91 Å². The molecule has 5 nitrogen and oxygen atoms in total. The number of carbonyl (C=O) groups excluding carboxylic acids is 2. The first-order valence-corrected chi connectivity index (χ1v) is 8.04. The molecule has 3 rings (SSSR count). The van der Waals surface area contributed by atoms with E-state index in [9.17, 15) is 9.59 Å². The van der Waals surface area contributed by atoms with Gasteiger partial charge in [0, 0.05) is 23.5 Å². The van der Waals surface area contributed by atoms with Crippen LogP contribution in [0.1, 0.15) is 15.2 Å². The van der Waals surface area contributed by atoms with Crippen LogP contribution in [0.25, 0.3) is 10.9 Å². The molecule has 0 aliphatic heterocycles. The van der Waals surface area contributed by atoms with Crippen molar-refractivity contribution in [2.75, 3.05) is 7.11 Å². The number of aromatic amines is 1. The van der Waals surface area contributed by atoms with E-state index < -0.39 is 12.0 Å². The number of methoxy groups -OCH3 is 1. The van der Waals surface area contributed by atoms with Gasteiger partial charge >= 0.3 is 5.97 Å². The van der Waals surface area contributed by atoms with Gasteiger partial charge in [0.2, 0.25) is 0 Å². The number of carbonyl (C=O) groups is 2. The van der Waals surface area contributed by atoms with Gasteiger partial charge in [-0.05, 0) is 23.1 Å². The Kier molecular flexibility index (Phi) is 4.43. The van der Waals surface area contributed by atoms with E-state index >= 15 is 0 Å². The average molecular weight is 328 g/mol. The van der Waals surface area contributed by atoms with Crippen molar-refractivity contribution >= 4 is 34.1 Å². The van der Waals surface area contributed by atoms with Gasteiger partial charge in [-0.15, -0.1) is 11.3 Å². The molecule has 1 atom stereocenters. The predicted octanol–water partition coefficient (Wildman–Crippen LogP) is 2.74. The molecule has 0 unspecified atom stereocenters. The highest BCUT2D eigenvalue weighted by Crippen LogP contribution is 2.19. The van der Waals surface area contributed by atoms with Crippen molar-refractivity contribution in [3.63, 3.8) is 0 Å². The fraction of sp³-hybridized carbons (Fsp3) is 0.176. The van der Waals surface area contributed by atoms with Gasteiger partial charge in [-0.3, -0.25) is 4.79 Å². The number of ether oxygens (including phenoxy) is 1. The van der Waals surface area contributed by atoms with E-state index in [1.165, 1.54) is 18.4 Å². The van der Waals surface area contributed by atoms with Gasteiger partial charge in [-0.2, -0.15) is 0 Å². The molecule has 0 bridgehead atoms. The van der Waals surface area contributed by atoms with Crippen molar-refractivity contribution in [2.45, 2.75) is 12.5 Å². The Hall–Kier alpha value is -2.60. The van der Waals surface area contributed by atoms with Gasteiger partial charge in [0.25, 0.3) is 5.91 Å². The Bertz CT molecular complexity index is 823. The molecule has 2 heterocycles. The number of benzene rings is 1. The van der Waals surface area contributed by atoms with Crippen molar-refractivity contribution in [1.29, 1.82) is 0 Å². The monoisotopic (exact) mass is 328 g/mol. The van der Waals surface area contributed by atoms with Crippen molar-refractivity contribution in [2.24, 2.45) is 0 Å². The summed E-state index contributed by atoms with van der Waals surface area (Å²) in [7, 11) is 1.32. The van der Waals surface area contributed by atoms with Crippen LogP contribution in [-0.2, 0) is 16.0 Å². The standard InChI is InChI=1S/C17H16N2O3S/c1-22-17(21)14(19-16(20)15-7-4-8-23-15)9-11-10-18-13-6-3-2-5-12(11)13/h2-8,10,14,18H,9H2,1H3,(H,19,20)/t14-/m0/s1. The molecule has 1 amide bonds. The molecule has 0 saturated carbocycles. The summed E-state index contributed by atoms with van der Waals surface area (Å²) in [6, 6.07) is 10.6. The molecule has 23 heavy (non-hydrogen) atoms. The summed E-state index contributed by atoms with van der Waals surface area (Å²) in [5, 5.41) is 5.61. The van der Waals surface area contributed by atoms with Crippen molar-refractivity contribution in [1.82, 2.24) is 10.3 Å². The number of nitrogens with one attached hydrogen (secondary N) is 2. The minimum atomic E-state index is -0.728. The minimum absolute atomic E-state index is 0.268. The Morgan fingerprint density at radius 3 is 2.83 bits per heavy atom. The molecule has 3 aromatic rings. The number of amides is 1. The summed E-state index contributed by atoms with van der Waals surface area (Å²) >= 11 is 1.33. The zero-order valence-corrected chi connectivity index (χ0v) is 13.4. The lowest BCUT2D eigenvalue weighted by molar-refractivity contribution is -0.142. The van der Waals surface area contributed by atoms with Gasteiger partial charge in [0.15, 0.2) is 0 Å². The average Bonchev–Trinajstić information content (AvgIpc) is 3.23. The van der Waals surface area contributed by atoms with Crippen molar-refractivity contribution in [3.8, 4) is 0 Å². The molecule has 0 spiro atoms. The number of para-hydroxylation sites is 1. The number of thiophene rings is 1. The van der Waals surface area contributed by atoms with Crippen LogP contribution >= 0.6 is 11.3 Å². The van der Waals surface area contributed by atoms with E-state index in [0.717, 1.165) is 16.5 Å². The second-order valence-electron chi connectivity index (χ2n) is 5.09. The third-order valence-electron chi connectivity index (χ3n) is 3.63. The second-order valence-corrected chi connectivity index (χ2v) is 6.04. The topological polar surface area (TPSA) is 71.2 Å². The molecule has 0 aliphatic rings. The number of esters is 1. The van der Waals surface area contributed by atoms with Crippen LogP contribution in [0.3, 0.4) is 0 Å². The van der Waals surface area contributed by atoms with E-state index in [1.807, 2.05) is 35.8 Å². The van der Waals surface area contributed by atoms with E-state index in [4.69, 9.17) is 4.74 Å². The van der Waals surface area contributed by atoms with Crippen LogP contribution in [0.15, 0.2) is 48.0 Å². The van der Waals surface area contributed by atoms with E-state index in [0.29, 0.717) is 11.3 Å². The van der Waals surface area contributed by atoms with Crippen LogP contribution in [0.2, 0.25) is 0 Å². The molecule has 2 aromatic heterocycles. The smallest absolute Gasteiger partial charge is 0.328 e. The number of hydrogen-bond acceptors (Lipinski definition) is 4. The Morgan fingerprint density at radius 2 is 2.09 bits per heavy atom. The molecule has 0 aliphatic carbocycles. The first-order valence-electron chi connectivity index (χ1n) is 7.16. The number of rotatable bonds is 5. The zero-order valence-electron chi connectivity index (χ0n) is 12.5. The van der Waals surface area contributed by atoms with Gasteiger partial charge in [0.05, 0.1) is 12.0 Å². The quantitative estimate of drug-likeness (QED) is 0.708. The summed E-state index contributed by atoms with van der Waals surface area (Å²) in [6.07, 6.45) is 2.23. The van der Waals surface area contributed by atoms with E-state index in [2.05, 4.69) is 10.3 Å². The fourth-order valence-corrected chi connectivity index (χ4v) is 3.12. The third kappa shape index (κ3) is 3.27. The molecule has 6 heteroatoms. The highest BCUT2D eigenvalue weighted by molar-refractivity contribution is 7.12. The second kappa shape index (κ2) is 6.66. The summed E-state index contributed by atoms with van der Waals surface area (Å²) in [5.41, 5.74) is 1.96. The molecule has 0 fully saturated rings. The zero-order chi connectivity index (χ0) is 16.2. The van der Waals surface area contributed by atoms with E-state index in [1.54, 1.807) is 12.1 Å². The SMILES string of the molecule is COC(=O)[C@H](Cc1c[nH]c2ccccc12)NC(=O)c1cccs1. The normalized spacial score (nSPS) is 12.0. The maximum Gasteiger partial charge on any atom is 0.328 e.